The van der Waals surface area contributed by atoms with Gasteiger partial charge in [0.05, 0.1) is 0 Å². The Bertz CT molecular complexity index is 1090. The van der Waals surface area contributed by atoms with E-state index in [1.165, 1.54) is 10.1 Å². The van der Waals surface area contributed by atoms with Crippen LogP contribution in [0.2, 0.25) is 0 Å². The first-order valence-corrected chi connectivity index (χ1v) is 8.75. The molecule has 136 valence electrons. The van der Waals surface area contributed by atoms with Crippen LogP contribution in [0, 0.1) is 5.41 Å². The maximum Gasteiger partial charge on any atom is 0.329 e. The van der Waals surface area contributed by atoms with Gasteiger partial charge in [0.25, 0.3) is 5.56 Å². The number of benzene rings is 1. The van der Waals surface area contributed by atoms with Crippen LogP contribution in [0.1, 0.15) is 25.3 Å². The van der Waals surface area contributed by atoms with E-state index >= 15 is 0 Å². The first-order valence-electron chi connectivity index (χ1n) is 8.75. The van der Waals surface area contributed by atoms with Gasteiger partial charge in [-0.1, -0.05) is 44.2 Å². The number of aryl methyl sites for hydroxylation is 2. The number of nitrogens with one attached hydrogen (secondary N) is 1. The Balaban J connectivity index is 1.81. The molecule has 7 heteroatoms. The Morgan fingerprint density at radius 3 is 2.50 bits per heavy atom. The summed E-state index contributed by atoms with van der Waals surface area (Å²) in [6, 6.07) is 10.5. The van der Waals surface area contributed by atoms with Crippen molar-refractivity contribution in [2.45, 2.75) is 19.8 Å². The first kappa shape index (κ1) is 16.6. The van der Waals surface area contributed by atoms with Gasteiger partial charge < -0.3 is 9.47 Å². The van der Waals surface area contributed by atoms with Gasteiger partial charge in [-0.15, -0.1) is 0 Å². The molecule has 0 saturated carbocycles. The van der Waals surface area contributed by atoms with E-state index in [-0.39, 0.29) is 5.41 Å². The molecule has 1 fully saturated rings. The zero-order valence-electron chi connectivity index (χ0n) is 15.5. The molecule has 1 saturated heterocycles. The molecule has 0 bridgehead atoms. The third-order valence-electron chi connectivity index (χ3n) is 5.54. The summed E-state index contributed by atoms with van der Waals surface area (Å²) in [6.07, 6.45) is 0. The number of hydrogen-bond acceptors (Lipinski definition) is 4. The second-order valence-corrected chi connectivity index (χ2v) is 7.79. The van der Waals surface area contributed by atoms with Crippen LogP contribution in [-0.4, -0.2) is 32.2 Å². The Labute approximate surface area is 150 Å². The summed E-state index contributed by atoms with van der Waals surface area (Å²) in [6.45, 7) is 6.17. The van der Waals surface area contributed by atoms with E-state index in [9.17, 15) is 9.59 Å². The van der Waals surface area contributed by atoms with Crippen LogP contribution in [-0.2, 0) is 14.1 Å². The van der Waals surface area contributed by atoms with E-state index in [1.54, 1.807) is 11.6 Å². The fourth-order valence-corrected chi connectivity index (χ4v) is 4.11. The Morgan fingerprint density at radius 2 is 1.81 bits per heavy atom. The molecule has 0 radical (unpaired) electrons. The molecule has 1 atom stereocenters. The third kappa shape index (κ3) is 2.38. The lowest BCUT2D eigenvalue weighted by Gasteiger charge is -2.25. The Hall–Kier alpha value is -2.83. The predicted molar refractivity (Wildman–Crippen MR) is 102 cm³/mol. The van der Waals surface area contributed by atoms with Crippen LogP contribution >= 0.6 is 0 Å². The summed E-state index contributed by atoms with van der Waals surface area (Å²) < 4.78 is 3.17. The molecule has 4 rings (SSSR count). The summed E-state index contributed by atoms with van der Waals surface area (Å²) in [5, 5.41) is 0. The molecular weight excluding hydrogens is 330 g/mol. The molecule has 1 aliphatic rings. The molecule has 0 unspecified atom stereocenters. The van der Waals surface area contributed by atoms with Gasteiger partial charge in [-0.3, -0.25) is 14.3 Å². The highest BCUT2D eigenvalue weighted by molar-refractivity contribution is 5.74. The smallest absolute Gasteiger partial charge is 0.329 e. The number of anilines is 1. The quantitative estimate of drug-likeness (QED) is 0.759. The molecule has 3 aromatic rings. The number of nitrogens with zero attached hydrogens (tertiary/aromatic N) is 4. The zero-order valence-corrected chi connectivity index (χ0v) is 15.5. The minimum Gasteiger partial charge on any atom is -0.341 e. The molecule has 2 aromatic heterocycles. The molecule has 1 aliphatic heterocycles. The van der Waals surface area contributed by atoms with Gasteiger partial charge in [0.1, 0.15) is 0 Å². The number of fused-ring (bicyclic) bond motifs is 1. The lowest BCUT2D eigenvalue weighted by atomic mass is 9.78. The van der Waals surface area contributed by atoms with Gasteiger partial charge >= 0.3 is 5.69 Å². The number of imidazole rings is 1. The highest BCUT2D eigenvalue weighted by Gasteiger charge is 2.41. The largest absolute Gasteiger partial charge is 0.341 e. The van der Waals surface area contributed by atoms with Crippen molar-refractivity contribution >= 4 is 17.1 Å². The van der Waals surface area contributed by atoms with Crippen LogP contribution in [0.4, 0.5) is 5.95 Å². The van der Waals surface area contributed by atoms with E-state index in [1.807, 2.05) is 13.1 Å². The summed E-state index contributed by atoms with van der Waals surface area (Å²) in [7, 11) is 3.45. The van der Waals surface area contributed by atoms with Crippen LogP contribution in [0.5, 0.6) is 0 Å². The number of rotatable bonds is 2. The average molecular weight is 353 g/mol. The van der Waals surface area contributed by atoms with Gasteiger partial charge in [-0.2, -0.15) is 4.98 Å². The van der Waals surface area contributed by atoms with Crippen molar-refractivity contribution < 1.29 is 0 Å². The fraction of sp³-hybridized carbons (Fsp3) is 0.421. The summed E-state index contributed by atoms with van der Waals surface area (Å²) in [5.41, 5.74) is 1.36. The third-order valence-corrected chi connectivity index (χ3v) is 5.54. The second-order valence-electron chi connectivity index (χ2n) is 7.79. The minimum atomic E-state index is -0.448. The molecule has 1 N–H and O–H groups in total. The van der Waals surface area contributed by atoms with Gasteiger partial charge in [0, 0.05) is 33.1 Å². The van der Waals surface area contributed by atoms with Crippen LogP contribution in [0.3, 0.4) is 0 Å². The molecule has 0 spiro atoms. The maximum atomic E-state index is 12.3. The van der Waals surface area contributed by atoms with E-state index in [4.69, 9.17) is 0 Å². The molecule has 1 aromatic carbocycles. The van der Waals surface area contributed by atoms with E-state index in [0.717, 1.165) is 19.0 Å². The van der Waals surface area contributed by atoms with E-state index in [2.05, 4.69) is 53.0 Å². The standard InChI is InChI=1S/C19H23N5O2/c1-19(2)11-24(10-13(19)12-8-6-5-7-9-12)17-20-15-14(22(17)3)16(25)21-18(26)23(15)4/h5-9,13H,10-11H2,1-4H3,(H,21,25,26)/t13-/m0/s1. The van der Waals surface area contributed by atoms with Gasteiger partial charge in [0.2, 0.25) is 5.95 Å². The number of aromatic nitrogens is 4. The molecular formula is C19H23N5O2. The topological polar surface area (TPSA) is 75.9 Å². The van der Waals surface area contributed by atoms with Crippen LogP contribution in [0.15, 0.2) is 39.9 Å². The lowest BCUT2D eigenvalue weighted by Crippen LogP contribution is -2.29. The number of aromatic amines is 1. The molecule has 3 heterocycles. The van der Waals surface area contributed by atoms with Crippen molar-refractivity contribution in [2.24, 2.45) is 19.5 Å². The van der Waals surface area contributed by atoms with Crippen molar-refractivity contribution in [2.75, 3.05) is 18.0 Å². The molecule has 0 aliphatic carbocycles. The fourth-order valence-electron chi connectivity index (χ4n) is 4.11. The SMILES string of the molecule is Cn1c(N2C[C@@H](c3ccccc3)C(C)(C)C2)nc2c1c(=O)[nH]c(=O)n2C. The van der Waals surface area contributed by atoms with Crippen molar-refractivity contribution in [1.82, 2.24) is 19.1 Å². The van der Waals surface area contributed by atoms with Gasteiger partial charge in [0.15, 0.2) is 11.2 Å². The van der Waals surface area contributed by atoms with Crippen molar-refractivity contribution in [3.8, 4) is 0 Å². The monoisotopic (exact) mass is 353 g/mol. The Kier molecular flexibility index (Phi) is 3.57. The summed E-state index contributed by atoms with van der Waals surface area (Å²) >= 11 is 0. The van der Waals surface area contributed by atoms with E-state index < -0.39 is 11.2 Å². The number of hydrogen-bond donors (Lipinski definition) is 1. The van der Waals surface area contributed by atoms with Gasteiger partial charge in [-0.25, -0.2) is 4.79 Å². The normalized spacial score (nSPS) is 19.4. The van der Waals surface area contributed by atoms with Crippen molar-refractivity contribution in [3.05, 3.63) is 56.7 Å². The van der Waals surface area contributed by atoms with Gasteiger partial charge in [-0.05, 0) is 11.0 Å². The number of H-pyrrole nitrogens is 1. The lowest BCUT2D eigenvalue weighted by molar-refractivity contribution is 0.365. The summed E-state index contributed by atoms with van der Waals surface area (Å²) in [5.74, 6) is 1.09. The molecule has 26 heavy (non-hydrogen) atoms. The zero-order chi connectivity index (χ0) is 18.6. The summed E-state index contributed by atoms with van der Waals surface area (Å²) in [4.78, 5) is 33.3. The predicted octanol–water partition coefficient (Wildman–Crippen LogP) is 1.59. The minimum absolute atomic E-state index is 0.0673. The molecule has 7 nitrogen and oxygen atoms in total. The average Bonchev–Trinajstić information content (AvgIpc) is 3.10. The Morgan fingerprint density at radius 1 is 1.12 bits per heavy atom. The highest BCUT2D eigenvalue weighted by atomic mass is 16.2. The van der Waals surface area contributed by atoms with Crippen molar-refractivity contribution in [3.63, 3.8) is 0 Å². The molecule has 0 amide bonds. The van der Waals surface area contributed by atoms with Crippen molar-refractivity contribution in [1.29, 1.82) is 0 Å². The highest BCUT2D eigenvalue weighted by Crippen LogP contribution is 2.43. The second kappa shape index (κ2) is 5.59. The first-order chi connectivity index (χ1) is 12.3. The maximum absolute atomic E-state index is 12.3. The van der Waals surface area contributed by atoms with Crippen LogP contribution in [0.25, 0.3) is 11.2 Å². The van der Waals surface area contributed by atoms with E-state index in [0.29, 0.717) is 17.1 Å². The van der Waals surface area contributed by atoms with Crippen LogP contribution < -0.4 is 16.1 Å².